The fraction of sp³-hybridized carbons (Fsp3) is 0.407. The normalized spacial score (nSPS) is 17.4. The second kappa shape index (κ2) is 13.7. The molecule has 2 aromatic carbocycles. The van der Waals surface area contributed by atoms with Crippen molar-refractivity contribution in [2.75, 3.05) is 26.8 Å². The Morgan fingerprint density at radius 1 is 1.26 bits per heavy atom. The largest absolute Gasteiger partial charge is 0.496 e. The molecule has 11 heteroatoms. The minimum absolute atomic E-state index is 0.108. The van der Waals surface area contributed by atoms with Crippen molar-refractivity contribution in [1.29, 1.82) is 0 Å². The maximum Gasteiger partial charge on any atom is 0.335 e. The molecule has 0 aromatic heterocycles. The first-order valence-corrected chi connectivity index (χ1v) is 12.8. The predicted molar refractivity (Wildman–Crippen MR) is 144 cm³/mol. The smallest absolute Gasteiger partial charge is 0.335 e. The van der Waals surface area contributed by atoms with Crippen molar-refractivity contribution in [2.24, 2.45) is 11.1 Å². The highest BCUT2D eigenvalue weighted by Crippen LogP contribution is 2.27. The summed E-state index contributed by atoms with van der Waals surface area (Å²) in [6.07, 6.45) is 1.52. The molecule has 0 aliphatic carbocycles. The van der Waals surface area contributed by atoms with E-state index >= 15 is 0 Å². The van der Waals surface area contributed by atoms with Crippen molar-refractivity contribution in [2.45, 2.75) is 39.2 Å². The zero-order valence-electron chi connectivity index (χ0n) is 21.7. The lowest BCUT2D eigenvalue weighted by atomic mass is 9.97. The van der Waals surface area contributed by atoms with Gasteiger partial charge in [-0.25, -0.2) is 9.59 Å². The highest BCUT2D eigenvalue weighted by atomic mass is 35.5. The van der Waals surface area contributed by atoms with E-state index in [4.69, 9.17) is 21.2 Å². The number of rotatable bonds is 10. The molecule has 1 aliphatic rings. The first kappa shape index (κ1) is 28.8. The number of benzene rings is 2. The van der Waals surface area contributed by atoms with Gasteiger partial charge in [0, 0.05) is 11.6 Å². The standard InChI is InChI=1S/C27H33ClN4O6/c1-4-11-38-31-24-16-32(27(36)30-22(5-2)17-7-6-8-18(12-17)26(34)35)25(33)20(15-29-24)13-19-14-21(28)9-10-23(19)37-3/h6-10,12,14,20,22H,4-5,11,13,15-16H2,1-3H3,(H,29,31)(H,30,36)(H,34,35)/t20-,22?/m1/s1. The number of carbonyl (C=O) groups is 3. The van der Waals surface area contributed by atoms with Crippen LogP contribution in [0, 0.1) is 5.92 Å². The number of ether oxygens (including phenoxy) is 1. The molecule has 1 fully saturated rings. The van der Waals surface area contributed by atoms with Crippen molar-refractivity contribution in [3.63, 3.8) is 0 Å². The van der Waals surface area contributed by atoms with Crippen molar-refractivity contribution < 1.29 is 29.1 Å². The van der Waals surface area contributed by atoms with Crippen molar-refractivity contribution >= 4 is 35.3 Å². The van der Waals surface area contributed by atoms with Gasteiger partial charge < -0.3 is 25.3 Å². The average molecular weight is 545 g/mol. The SMILES string of the molecule is CCCO/N=C1/CN(C(=O)NC(CC)c2cccc(C(=O)O)c2)C(=O)[C@H](Cc2cc(Cl)ccc2OC)CN1. The van der Waals surface area contributed by atoms with Gasteiger partial charge in [0.05, 0.1) is 31.2 Å². The highest BCUT2D eigenvalue weighted by Gasteiger charge is 2.35. The Balaban J connectivity index is 1.88. The highest BCUT2D eigenvalue weighted by molar-refractivity contribution is 6.30. The number of hydrogen-bond donors (Lipinski definition) is 3. The van der Waals surface area contributed by atoms with Crippen LogP contribution in [0.25, 0.3) is 0 Å². The number of carboxylic acid groups (broad SMARTS) is 1. The van der Waals surface area contributed by atoms with Gasteiger partial charge in [-0.05, 0) is 60.7 Å². The second-order valence-electron chi connectivity index (χ2n) is 8.87. The van der Waals surface area contributed by atoms with Crippen LogP contribution in [0.2, 0.25) is 5.02 Å². The van der Waals surface area contributed by atoms with E-state index in [2.05, 4.69) is 15.8 Å². The number of aromatic carboxylic acids is 1. The monoisotopic (exact) mass is 544 g/mol. The molecular weight excluding hydrogens is 512 g/mol. The summed E-state index contributed by atoms with van der Waals surface area (Å²) in [5, 5.41) is 20.0. The third-order valence-electron chi connectivity index (χ3n) is 6.14. The van der Waals surface area contributed by atoms with Gasteiger partial charge in [-0.15, -0.1) is 0 Å². The Labute approximate surface area is 226 Å². The Bertz CT molecular complexity index is 1190. The Morgan fingerprint density at radius 2 is 2.05 bits per heavy atom. The number of carbonyl (C=O) groups excluding carboxylic acids is 2. The Hall–Kier alpha value is -3.79. The van der Waals surface area contributed by atoms with E-state index in [9.17, 15) is 19.5 Å². The van der Waals surface area contributed by atoms with Crippen LogP contribution in [0.1, 0.15) is 54.2 Å². The van der Waals surface area contributed by atoms with E-state index in [1.165, 1.54) is 12.1 Å². The number of halogens is 1. The number of hydrogen-bond acceptors (Lipinski definition) is 6. The lowest BCUT2D eigenvalue weighted by Gasteiger charge is -2.26. The number of urea groups is 1. The lowest BCUT2D eigenvalue weighted by molar-refractivity contribution is -0.131. The van der Waals surface area contributed by atoms with Gasteiger partial charge in [0.25, 0.3) is 0 Å². The maximum atomic E-state index is 13.7. The minimum Gasteiger partial charge on any atom is -0.496 e. The molecule has 1 saturated heterocycles. The van der Waals surface area contributed by atoms with E-state index in [0.29, 0.717) is 35.2 Å². The number of nitrogens with one attached hydrogen (secondary N) is 2. The van der Waals surface area contributed by atoms with Crippen LogP contribution in [-0.2, 0) is 16.1 Å². The zero-order chi connectivity index (χ0) is 27.7. The molecule has 0 spiro atoms. The molecule has 1 heterocycles. The van der Waals surface area contributed by atoms with Crippen molar-refractivity contribution in [3.8, 4) is 5.75 Å². The summed E-state index contributed by atoms with van der Waals surface area (Å²) in [5.74, 6) is -1.14. The van der Waals surface area contributed by atoms with E-state index in [-0.39, 0.29) is 25.1 Å². The number of methoxy groups -OCH3 is 1. The average Bonchev–Trinajstić information content (AvgIpc) is 3.06. The molecule has 3 N–H and O–H groups in total. The summed E-state index contributed by atoms with van der Waals surface area (Å²) in [6.45, 7) is 4.33. The fourth-order valence-electron chi connectivity index (χ4n) is 4.15. The van der Waals surface area contributed by atoms with Gasteiger partial charge in [0.15, 0.2) is 5.84 Å². The first-order chi connectivity index (χ1) is 18.3. The second-order valence-corrected chi connectivity index (χ2v) is 9.31. The first-order valence-electron chi connectivity index (χ1n) is 12.5. The molecule has 3 rings (SSSR count). The number of nitrogens with zero attached hydrogens (tertiary/aromatic N) is 2. The van der Waals surface area contributed by atoms with Crippen molar-refractivity contribution in [1.82, 2.24) is 15.5 Å². The van der Waals surface area contributed by atoms with Gasteiger partial charge in [-0.2, -0.15) is 0 Å². The summed E-state index contributed by atoms with van der Waals surface area (Å²) in [6, 6.07) is 10.4. The molecule has 0 bridgehead atoms. The Kier molecular flexibility index (Phi) is 10.3. The summed E-state index contributed by atoms with van der Waals surface area (Å²) >= 11 is 6.19. The van der Waals surface area contributed by atoms with Crippen LogP contribution >= 0.6 is 11.6 Å². The van der Waals surface area contributed by atoms with E-state index in [1.54, 1.807) is 37.4 Å². The third-order valence-corrected chi connectivity index (χ3v) is 6.38. The molecule has 0 saturated carbocycles. The maximum absolute atomic E-state index is 13.7. The topological polar surface area (TPSA) is 130 Å². The molecule has 1 unspecified atom stereocenters. The molecule has 2 atom stereocenters. The molecular formula is C27H33ClN4O6. The van der Waals surface area contributed by atoms with Crippen LogP contribution in [0.15, 0.2) is 47.6 Å². The predicted octanol–water partition coefficient (Wildman–Crippen LogP) is 4.24. The molecule has 3 amide bonds. The third kappa shape index (κ3) is 7.38. The lowest BCUT2D eigenvalue weighted by Crippen LogP contribution is -2.48. The number of amidine groups is 1. The molecule has 1 aliphatic heterocycles. The van der Waals surface area contributed by atoms with Crippen molar-refractivity contribution in [3.05, 3.63) is 64.2 Å². The van der Waals surface area contributed by atoms with Crippen LogP contribution in [-0.4, -0.2) is 60.6 Å². The molecule has 0 radical (unpaired) electrons. The Morgan fingerprint density at radius 3 is 2.74 bits per heavy atom. The summed E-state index contributed by atoms with van der Waals surface area (Å²) < 4.78 is 5.44. The zero-order valence-corrected chi connectivity index (χ0v) is 22.5. The summed E-state index contributed by atoms with van der Waals surface area (Å²) in [4.78, 5) is 45.0. The summed E-state index contributed by atoms with van der Waals surface area (Å²) in [7, 11) is 1.54. The van der Waals surface area contributed by atoms with Crippen LogP contribution in [0.3, 0.4) is 0 Å². The van der Waals surface area contributed by atoms with Gasteiger partial charge in [-0.1, -0.05) is 42.7 Å². The van der Waals surface area contributed by atoms with E-state index < -0.39 is 29.9 Å². The molecule has 204 valence electrons. The number of imide groups is 1. The van der Waals surface area contributed by atoms with Gasteiger partial charge in [-0.3, -0.25) is 9.69 Å². The number of carboxylic acids is 1. The fourth-order valence-corrected chi connectivity index (χ4v) is 4.34. The van der Waals surface area contributed by atoms with Gasteiger partial charge >= 0.3 is 12.0 Å². The summed E-state index contributed by atoms with van der Waals surface area (Å²) in [5.41, 5.74) is 1.48. The van der Waals surface area contributed by atoms with E-state index in [0.717, 1.165) is 16.9 Å². The number of oxime groups is 1. The van der Waals surface area contributed by atoms with Gasteiger partial charge in [0.2, 0.25) is 5.91 Å². The van der Waals surface area contributed by atoms with Crippen LogP contribution in [0.5, 0.6) is 5.75 Å². The van der Waals surface area contributed by atoms with Gasteiger partial charge in [0.1, 0.15) is 12.4 Å². The van der Waals surface area contributed by atoms with Crippen LogP contribution in [0.4, 0.5) is 4.79 Å². The quantitative estimate of drug-likeness (QED) is 0.301. The van der Waals surface area contributed by atoms with Crippen LogP contribution < -0.4 is 15.4 Å². The molecule has 38 heavy (non-hydrogen) atoms. The number of amides is 3. The minimum atomic E-state index is -1.06. The van der Waals surface area contributed by atoms with E-state index in [1.807, 2.05) is 13.8 Å². The molecule has 2 aromatic rings. The molecule has 10 nitrogen and oxygen atoms in total.